The molecule has 0 amide bonds. The number of hydrogen-bond acceptors (Lipinski definition) is 2. The van der Waals surface area contributed by atoms with Crippen LogP contribution in [0.15, 0.2) is 0 Å². The Labute approximate surface area is 76.4 Å². The minimum atomic E-state index is -0.222. The van der Waals surface area contributed by atoms with E-state index in [-0.39, 0.29) is 6.10 Å². The average Bonchev–Trinajstić information content (AvgIpc) is 2.05. The highest BCUT2D eigenvalue weighted by atomic mass is 16.3. The molecule has 0 aliphatic rings. The summed E-state index contributed by atoms with van der Waals surface area (Å²) in [6.07, 6.45) is 4.71. The second kappa shape index (κ2) is 7.56. The van der Waals surface area contributed by atoms with Gasteiger partial charge in [-0.05, 0) is 19.8 Å². The van der Waals surface area contributed by atoms with E-state index >= 15 is 0 Å². The molecule has 12 heavy (non-hydrogen) atoms. The summed E-state index contributed by atoms with van der Waals surface area (Å²) in [5.74, 6) is 0. The molecule has 74 valence electrons. The van der Waals surface area contributed by atoms with E-state index in [0.29, 0.717) is 6.04 Å². The highest BCUT2D eigenvalue weighted by Crippen LogP contribution is 2.03. The normalized spacial score (nSPS) is 16.0. The molecule has 0 aliphatic carbocycles. The summed E-state index contributed by atoms with van der Waals surface area (Å²) in [6.45, 7) is 6.94. The van der Waals surface area contributed by atoms with E-state index in [4.69, 9.17) is 5.11 Å². The van der Waals surface area contributed by atoms with Crippen LogP contribution in [0.5, 0.6) is 0 Å². The molecule has 0 spiro atoms. The molecule has 0 heterocycles. The fraction of sp³-hybridized carbons (Fsp3) is 1.00. The van der Waals surface area contributed by atoms with Crippen LogP contribution < -0.4 is 5.32 Å². The molecule has 0 fully saturated rings. The van der Waals surface area contributed by atoms with Crippen molar-refractivity contribution in [2.24, 2.45) is 0 Å². The maximum Gasteiger partial charge on any atom is 0.0636 e. The van der Waals surface area contributed by atoms with E-state index in [1.54, 1.807) is 0 Å². The Balaban J connectivity index is 3.39. The molecule has 0 saturated carbocycles. The van der Waals surface area contributed by atoms with Gasteiger partial charge in [0.2, 0.25) is 0 Å². The molecule has 2 N–H and O–H groups in total. The monoisotopic (exact) mass is 173 g/mol. The number of nitrogens with one attached hydrogen (secondary N) is 1. The topological polar surface area (TPSA) is 32.3 Å². The zero-order valence-electron chi connectivity index (χ0n) is 8.64. The number of aliphatic hydroxyl groups is 1. The number of unbranched alkanes of at least 4 members (excludes halogenated alkanes) is 1. The van der Waals surface area contributed by atoms with Gasteiger partial charge in [0, 0.05) is 12.6 Å². The molecule has 2 heteroatoms. The molecule has 0 radical (unpaired) electrons. The predicted octanol–water partition coefficient (Wildman–Crippen LogP) is 1.93. The highest BCUT2D eigenvalue weighted by molar-refractivity contribution is 4.65. The van der Waals surface area contributed by atoms with Gasteiger partial charge in [0.15, 0.2) is 0 Å². The minimum absolute atomic E-state index is 0.222. The molecule has 2 unspecified atom stereocenters. The molecule has 0 bridgehead atoms. The van der Waals surface area contributed by atoms with Gasteiger partial charge in [-0.15, -0.1) is 0 Å². The Kier molecular flexibility index (Phi) is 7.51. The maximum atomic E-state index is 9.06. The third kappa shape index (κ3) is 6.62. The van der Waals surface area contributed by atoms with Crippen molar-refractivity contribution in [2.45, 2.75) is 58.6 Å². The van der Waals surface area contributed by atoms with Crippen LogP contribution in [0.4, 0.5) is 0 Å². The van der Waals surface area contributed by atoms with Crippen molar-refractivity contribution in [3.8, 4) is 0 Å². The number of rotatable bonds is 7. The van der Waals surface area contributed by atoms with Crippen LogP contribution in [0, 0.1) is 0 Å². The third-order valence-corrected chi connectivity index (χ3v) is 2.10. The van der Waals surface area contributed by atoms with Gasteiger partial charge in [0.1, 0.15) is 0 Å². The second-order valence-electron chi connectivity index (χ2n) is 3.50. The number of hydrogen-bond donors (Lipinski definition) is 2. The third-order valence-electron chi connectivity index (χ3n) is 2.10. The predicted molar refractivity (Wildman–Crippen MR) is 53.3 cm³/mol. The molecule has 0 aliphatic heterocycles. The van der Waals surface area contributed by atoms with Crippen LogP contribution >= 0.6 is 0 Å². The Bertz CT molecular complexity index is 93.8. The lowest BCUT2D eigenvalue weighted by Crippen LogP contribution is -2.34. The number of aliphatic hydroxyl groups excluding tert-OH is 1. The van der Waals surface area contributed by atoms with E-state index in [1.807, 2.05) is 6.92 Å². The van der Waals surface area contributed by atoms with Crippen LogP contribution in [0.1, 0.15) is 46.5 Å². The summed E-state index contributed by atoms with van der Waals surface area (Å²) in [5, 5.41) is 12.4. The van der Waals surface area contributed by atoms with Gasteiger partial charge >= 0.3 is 0 Å². The average molecular weight is 173 g/mol. The van der Waals surface area contributed by atoms with Crippen molar-refractivity contribution in [3.05, 3.63) is 0 Å². The van der Waals surface area contributed by atoms with Crippen LogP contribution in [0.25, 0.3) is 0 Å². The molecule has 0 aromatic rings. The van der Waals surface area contributed by atoms with Crippen molar-refractivity contribution in [1.29, 1.82) is 0 Å². The summed E-state index contributed by atoms with van der Waals surface area (Å²) >= 11 is 0. The Hall–Kier alpha value is -0.0800. The first-order valence-electron chi connectivity index (χ1n) is 5.12. The van der Waals surface area contributed by atoms with Crippen LogP contribution in [0.2, 0.25) is 0 Å². The zero-order chi connectivity index (χ0) is 9.40. The molecule has 2 atom stereocenters. The lowest BCUT2D eigenvalue weighted by Gasteiger charge is -2.17. The van der Waals surface area contributed by atoms with Gasteiger partial charge in [-0.25, -0.2) is 0 Å². The smallest absolute Gasteiger partial charge is 0.0636 e. The van der Waals surface area contributed by atoms with Gasteiger partial charge in [0.05, 0.1) is 6.10 Å². The van der Waals surface area contributed by atoms with Gasteiger partial charge in [-0.1, -0.05) is 26.7 Å². The molecule has 0 saturated heterocycles. The van der Waals surface area contributed by atoms with E-state index in [2.05, 4.69) is 19.2 Å². The molecular weight excluding hydrogens is 150 g/mol. The largest absolute Gasteiger partial charge is 0.392 e. The van der Waals surface area contributed by atoms with E-state index in [9.17, 15) is 0 Å². The van der Waals surface area contributed by atoms with Crippen LogP contribution in [-0.2, 0) is 0 Å². The molecule has 2 nitrogen and oxygen atoms in total. The van der Waals surface area contributed by atoms with E-state index in [0.717, 1.165) is 13.0 Å². The summed E-state index contributed by atoms with van der Waals surface area (Å²) in [5.41, 5.74) is 0. The quantitative estimate of drug-likeness (QED) is 0.616. The maximum absolute atomic E-state index is 9.06. The van der Waals surface area contributed by atoms with E-state index < -0.39 is 0 Å². The summed E-state index contributed by atoms with van der Waals surface area (Å²) in [6, 6.07) is 0.597. The first kappa shape index (κ1) is 11.9. The van der Waals surface area contributed by atoms with Crippen molar-refractivity contribution >= 4 is 0 Å². The SMILES string of the molecule is CCCCC(CC)NCC(C)O. The molecule has 0 aromatic heterocycles. The Morgan fingerprint density at radius 1 is 1.33 bits per heavy atom. The molecule has 0 aromatic carbocycles. The van der Waals surface area contributed by atoms with Gasteiger partial charge in [-0.2, -0.15) is 0 Å². The van der Waals surface area contributed by atoms with E-state index in [1.165, 1.54) is 19.3 Å². The highest BCUT2D eigenvalue weighted by Gasteiger charge is 2.05. The first-order valence-corrected chi connectivity index (χ1v) is 5.12. The summed E-state index contributed by atoms with van der Waals surface area (Å²) in [7, 11) is 0. The van der Waals surface area contributed by atoms with Crippen molar-refractivity contribution in [1.82, 2.24) is 5.32 Å². The van der Waals surface area contributed by atoms with Crippen molar-refractivity contribution in [3.63, 3.8) is 0 Å². The Morgan fingerprint density at radius 2 is 2.00 bits per heavy atom. The molecular formula is C10H23NO. The first-order chi connectivity index (χ1) is 5.70. The standard InChI is InChI=1S/C10H23NO/c1-4-6-7-10(5-2)11-8-9(3)12/h9-12H,4-8H2,1-3H3. The van der Waals surface area contributed by atoms with Gasteiger partial charge in [0.25, 0.3) is 0 Å². The van der Waals surface area contributed by atoms with Crippen LogP contribution in [-0.4, -0.2) is 23.8 Å². The van der Waals surface area contributed by atoms with Gasteiger partial charge < -0.3 is 10.4 Å². The zero-order valence-corrected chi connectivity index (χ0v) is 8.64. The lowest BCUT2D eigenvalue weighted by atomic mass is 10.1. The molecule has 0 rings (SSSR count). The van der Waals surface area contributed by atoms with Crippen molar-refractivity contribution < 1.29 is 5.11 Å². The van der Waals surface area contributed by atoms with Crippen LogP contribution in [0.3, 0.4) is 0 Å². The van der Waals surface area contributed by atoms with Gasteiger partial charge in [-0.3, -0.25) is 0 Å². The fourth-order valence-electron chi connectivity index (χ4n) is 1.24. The lowest BCUT2D eigenvalue weighted by molar-refractivity contribution is 0.184. The van der Waals surface area contributed by atoms with Crippen molar-refractivity contribution in [2.75, 3.05) is 6.54 Å². The fourth-order valence-corrected chi connectivity index (χ4v) is 1.24. The summed E-state index contributed by atoms with van der Waals surface area (Å²) in [4.78, 5) is 0. The minimum Gasteiger partial charge on any atom is -0.392 e. The summed E-state index contributed by atoms with van der Waals surface area (Å²) < 4.78 is 0. The Morgan fingerprint density at radius 3 is 2.42 bits per heavy atom. The second-order valence-corrected chi connectivity index (χ2v) is 3.50.